The first-order valence-corrected chi connectivity index (χ1v) is 3.10. The second-order valence-corrected chi connectivity index (χ2v) is 1.91. The Morgan fingerprint density at radius 2 is 2.33 bits per heavy atom. The van der Waals surface area contributed by atoms with Gasteiger partial charge in [-0.1, -0.05) is 6.92 Å². The molecule has 0 saturated carbocycles. The van der Waals surface area contributed by atoms with E-state index in [0.717, 1.165) is 0 Å². The van der Waals surface area contributed by atoms with Crippen molar-refractivity contribution in [1.82, 2.24) is 0 Å². The summed E-state index contributed by atoms with van der Waals surface area (Å²) in [6.45, 7) is 1.83. The number of aliphatic hydroxyl groups is 1. The predicted octanol–water partition coefficient (Wildman–Crippen LogP) is 0.892. The molecule has 0 rings (SSSR count). The highest BCUT2D eigenvalue weighted by Gasteiger charge is 1.91. The van der Waals surface area contributed by atoms with Crippen LogP contribution in [-0.4, -0.2) is 16.8 Å². The Bertz CT molecular complexity index is 26.7. The fourth-order valence-corrected chi connectivity index (χ4v) is 0.408. The van der Waals surface area contributed by atoms with Crippen LogP contribution in [0.1, 0.15) is 6.92 Å². The summed E-state index contributed by atoms with van der Waals surface area (Å²) < 4.78 is 0. The molecule has 1 N–H and O–H groups in total. The van der Waals surface area contributed by atoms with E-state index in [1.54, 1.807) is 6.42 Å². The average Bonchev–Trinajstić information content (AvgIpc) is 1.65. The van der Waals surface area contributed by atoms with Crippen LogP contribution in [0.5, 0.6) is 0 Å². The first-order valence-electron chi connectivity index (χ1n) is 1.81. The van der Waals surface area contributed by atoms with Crippen molar-refractivity contribution in [3.8, 4) is 0 Å². The number of hydrogen-bond donors (Lipinski definition) is 1. The van der Waals surface area contributed by atoms with Crippen LogP contribution in [0.2, 0.25) is 0 Å². The molecule has 0 fully saturated rings. The third kappa shape index (κ3) is 2.54. The van der Waals surface area contributed by atoms with E-state index < -0.39 is 0 Å². The zero-order valence-corrected chi connectivity index (χ0v) is 4.83. The molecule has 0 heterocycles. The molecule has 0 aromatic heterocycles. The molecule has 0 aliphatic carbocycles. The largest absolute Gasteiger partial charge is 0.382 e. The lowest BCUT2D eigenvalue weighted by atomic mass is 10.5. The SMILES string of the molecule is C[CH]C(O)SC. The van der Waals surface area contributed by atoms with Crippen molar-refractivity contribution in [2.24, 2.45) is 0 Å². The second-order valence-electron chi connectivity index (χ2n) is 0.960. The topological polar surface area (TPSA) is 20.2 Å². The van der Waals surface area contributed by atoms with Gasteiger partial charge in [-0.15, -0.1) is 11.8 Å². The van der Waals surface area contributed by atoms with Gasteiger partial charge in [0.25, 0.3) is 0 Å². The molecule has 6 heavy (non-hydrogen) atoms. The fourth-order valence-electron chi connectivity index (χ4n) is 0.136. The van der Waals surface area contributed by atoms with Gasteiger partial charge in [-0.25, -0.2) is 0 Å². The van der Waals surface area contributed by atoms with Crippen LogP contribution in [0.25, 0.3) is 0 Å². The summed E-state index contributed by atoms with van der Waals surface area (Å²) in [5.41, 5.74) is -0.273. The first kappa shape index (κ1) is 6.31. The molecule has 0 aliphatic heterocycles. The van der Waals surface area contributed by atoms with Crippen LogP contribution >= 0.6 is 11.8 Å². The summed E-state index contributed by atoms with van der Waals surface area (Å²) in [4.78, 5) is 0. The van der Waals surface area contributed by atoms with Crippen molar-refractivity contribution < 1.29 is 5.11 Å². The molecule has 37 valence electrons. The van der Waals surface area contributed by atoms with Gasteiger partial charge in [0.2, 0.25) is 0 Å². The average molecular weight is 105 g/mol. The van der Waals surface area contributed by atoms with Crippen LogP contribution in [-0.2, 0) is 0 Å². The molecule has 0 amide bonds. The van der Waals surface area contributed by atoms with Crippen molar-refractivity contribution in [2.75, 3.05) is 6.26 Å². The number of thioether (sulfide) groups is 1. The molecule has 0 spiro atoms. The molecule has 1 atom stereocenters. The van der Waals surface area contributed by atoms with Gasteiger partial charge in [-0.2, -0.15) is 0 Å². The maximum absolute atomic E-state index is 8.57. The quantitative estimate of drug-likeness (QED) is 0.526. The van der Waals surface area contributed by atoms with Gasteiger partial charge in [0, 0.05) is 0 Å². The third-order valence-electron chi connectivity index (χ3n) is 0.527. The van der Waals surface area contributed by atoms with Crippen LogP contribution in [0.3, 0.4) is 0 Å². The molecule has 2 heteroatoms. The molecule has 1 radical (unpaired) electrons. The van der Waals surface area contributed by atoms with E-state index in [2.05, 4.69) is 0 Å². The van der Waals surface area contributed by atoms with Crippen LogP contribution < -0.4 is 0 Å². The van der Waals surface area contributed by atoms with Gasteiger partial charge in [0.15, 0.2) is 0 Å². The van der Waals surface area contributed by atoms with Crippen molar-refractivity contribution in [1.29, 1.82) is 0 Å². The fraction of sp³-hybridized carbons (Fsp3) is 0.750. The normalized spacial score (nSPS) is 14.5. The van der Waals surface area contributed by atoms with Gasteiger partial charge in [-0.3, -0.25) is 0 Å². The Balaban J connectivity index is 2.75. The van der Waals surface area contributed by atoms with Crippen molar-refractivity contribution >= 4 is 11.8 Å². The zero-order valence-electron chi connectivity index (χ0n) is 4.01. The minimum absolute atomic E-state index is 0.273. The predicted molar refractivity (Wildman–Crippen MR) is 29.5 cm³/mol. The molecule has 0 bridgehead atoms. The van der Waals surface area contributed by atoms with Crippen LogP contribution in [0.4, 0.5) is 0 Å². The zero-order chi connectivity index (χ0) is 4.99. The third-order valence-corrected chi connectivity index (χ3v) is 1.28. The molecule has 0 aliphatic rings. The Labute approximate surface area is 42.8 Å². The van der Waals surface area contributed by atoms with Crippen molar-refractivity contribution in [3.63, 3.8) is 0 Å². The monoisotopic (exact) mass is 105 g/mol. The van der Waals surface area contributed by atoms with Gasteiger partial charge in [0.1, 0.15) is 5.44 Å². The van der Waals surface area contributed by atoms with Crippen molar-refractivity contribution in [2.45, 2.75) is 12.4 Å². The van der Waals surface area contributed by atoms with E-state index in [9.17, 15) is 0 Å². The Kier molecular flexibility index (Phi) is 3.68. The summed E-state index contributed by atoms with van der Waals surface area (Å²) in [5.74, 6) is 0. The maximum Gasteiger partial charge on any atom is 0.102 e. The number of aliphatic hydroxyl groups excluding tert-OH is 1. The summed E-state index contributed by atoms with van der Waals surface area (Å²) in [5, 5.41) is 8.57. The first-order chi connectivity index (χ1) is 2.81. The maximum atomic E-state index is 8.57. The van der Waals surface area contributed by atoms with Crippen LogP contribution in [0.15, 0.2) is 0 Å². The Morgan fingerprint density at radius 1 is 1.83 bits per heavy atom. The van der Waals surface area contributed by atoms with Gasteiger partial charge < -0.3 is 5.11 Å². The molecule has 1 unspecified atom stereocenters. The molecule has 0 aromatic rings. The highest BCUT2D eigenvalue weighted by molar-refractivity contribution is 7.99. The highest BCUT2D eigenvalue weighted by atomic mass is 32.2. The molecule has 0 saturated heterocycles. The highest BCUT2D eigenvalue weighted by Crippen LogP contribution is 2.02. The van der Waals surface area contributed by atoms with Gasteiger partial charge in [-0.05, 0) is 12.7 Å². The standard InChI is InChI=1S/C4H9OS/c1-3-4(5)6-2/h3-5H,1-2H3. The van der Waals surface area contributed by atoms with E-state index in [-0.39, 0.29) is 5.44 Å². The smallest absolute Gasteiger partial charge is 0.102 e. The lowest BCUT2D eigenvalue weighted by molar-refractivity contribution is 0.295. The molecule has 0 aromatic carbocycles. The lowest BCUT2D eigenvalue weighted by Gasteiger charge is -1.97. The molecular formula is C4H9OS. The Hall–Kier alpha value is 0.310. The summed E-state index contributed by atoms with van der Waals surface area (Å²) >= 11 is 1.42. The number of hydrogen-bond acceptors (Lipinski definition) is 2. The molecule has 1 nitrogen and oxygen atoms in total. The minimum atomic E-state index is -0.273. The second kappa shape index (κ2) is 3.50. The summed E-state index contributed by atoms with van der Waals surface area (Å²) in [7, 11) is 0. The van der Waals surface area contributed by atoms with E-state index in [4.69, 9.17) is 5.11 Å². The summed E-state index contributed by atoms with van der Waals surface area (Å²) in [6.07, 6.45) is 3.61. The van der Waals surface area contributed by atoms with Gasteiger partial charge in [0.05, 0.1) is 0 Å². The van der Waals surface area contributed by atoms with E-state index in [0.29, 0.717) is 0 Å². The Morgan fingerprint density at radius 3 is 2.33 bits per heavy atom. The van der Waals surface area contributed by atoms with E-state index in [1.807, 2.05) is 13.2 Å². The van der Waals surface area contributed by atoms with Gasteiger partial charge >= 0.3 is 0 Å². The number of rotatable bonds is 2. The van der Waals surface area contributed by atoms with E-state index in [1.165, 1.54) is 11.8 Å². The lowest BCUT2D eigenvalue weighted by Crippen LogP contribution is -1.95. The minimum Gasteiger partial charge on any atom is -0.382 e. The van der Waals surface area contributed by atoms with Crippen molar-refractivity contribution in [3.05, 3.63) is 6.42 Å². The van der Waals surface area contributed by atoms with Crippen LogP contribution in [0, 0.1) is 6.42 Å². The summed E-state index contributed by atoms with van der Waals surface area (Å²) in [6, 6.07) is 0. The molecular weight excluding hydrogens is 96.1 g/mol. The van der Waals surface area contributed by atoms with E-state index >= 15 is 0 Å².